The van der Waals surface area contributed by atoms with Crippen molar-refractivity contribution in [1.82, 2.24) is 10.6 Å². The minimum absolute atomic E-state index is 0.0635. The molecule has 0 aromatic heterocycles. The first-order valence-electron chi connectivity index (χ1n) is 8.72. The Kier molecular flexibility index (Phi) is 5.49. The monoisotopic (exact) mass is 338 g/mol. The fourth-order valence-corrected chi connectivity index (χ4v) is 3.13. The van der Waals surface area contributed by atoms with Crippen LogP contribution in [0.25, 0.3) is 6.08 Å². The minimum atomic E-state index is -0.276. The van der Waals surface area contributed by atoms with Crippen LogP contribution in [0.15, 0.2) is 48.7 Å². The number of nitrogens with one attached hydrogen (secondary N) is 2. The Hall–Kier alpha value is -2.62. The van der Waals surface area contributed by atoms with Gasteiger partial charge in [-0.3, -0.25) is 0 Å². The fraction of sp³-hybridized carbons (Fsp3) is 0.286. The van der Waals surface area contributed by atoms with Gasteiger partial charge in [0.05, 0.1) is 6.04 Å². The van der Waals surface area contributed by atoms with E-state index >= 15 is 0 Å². The lowest BCUT2D eigenvalue weighted by Gasteiger charge is -2.20. The highest BCUT2D eigenvalue weighted by atomic mass is 19.1. The second kappa shape index (κ2) is 7.97. The molecule has 130 valence electrons. The van der Waals surface area contributed by atoms with Crippen molar-refractivity contribution in [2.24, 2.45) is 0 Å². The summed E-state index contributed by atoms with van der Waals surface area (Å²) in [5.41, 5.74) is 4.80. The maximum atomic E-state index is 12.8. The Morgan fingerprint density at radius 1 is 1.08 bits per heavy atom. The summed E-state index contributed by atoms with van der Waals surface area (Å²) in [7, 11) is 0. The summed E-state index contributed by atoms with van der Waals surface area (Å²) in [6.07, 6.45) is 8.08. The molecule has 2 N–H and O–H groups in total. The maximum absolute atomic E-state index is 12.8. The van der Waals surface area contributed by atoms with E-state index in [0.29, 0.717) is 0 Å². The minimum Gasteiger partial charge on any atom is -0.331 e. The topological polar surface area (TPSA) is 41.1 Å². The first-order valence-corrected chi connectivity index (χ1v) is 8.72. The van der Waals surface area contributed by atoms with Gasteiger partial charge in [0, 0.05) is 6.20 Å². The van der Waals surface area contributed by atoms with Crippen molar-refractivity contribution >= 4 is 12.1 Å². The summed E-state index contributed by atoms with van der Waals surface area (Å²) in [5.74, 6) is -0.276. The number of amides is 2. The van der Waals surface area contributed by atoms with Crippen molar-refractivity contribution in [3.05, 3.63) is 76.7 Å². The number of carbonyl (C=O) groups excluding carboxylic acids is 1. The van der Waals surface area contributed by atoms with Crippen LogP contribution in [0, 0.1) is 5.82 Å². The molecule has 25 heavy (non-hydrogen) atoms. The van der Waals surface area contributed by atoms with E-state index in [1.54, 1.807) is 24.4 Å². The summed E-state index contributed by atoms with van der Waals surface area (Å²) in [6, 6.07) is 12.3. The lowest BCUT2D eigenvalue weighted by Crippen LogP contribution is -2.34. The van der Waals surface area contributed by atoms with Crippen molar-refractivity contribution in [3.63, 3.8) is 0 Å². The lowest BCUT2D eigenvalue weighted by molar-refractivity contribution is 0.241. The molecule has 0 fully saturated rings. The SMILES string of the molecule is CC(NC(=O)N/C=C/c1ccc(F)cc1)c1ccc2c(c1)CCCC2. The standard InChI is InChI=1S/C21H23FN2O/c1-15(18-9-8-17-4-2-3-5-19(17)14-18)24-21(25)23-13-12-16-6-10-20(22)11-7-16/h6-15H,2-5H2,1H3,(H2,23,24,25)/b13-12+. The number of halogens is 1. The van der Waals surface area contributed by atoms with E-state index in [1.807, 2.05) is 6.92 Å². The van der Waals surface area contributed by atoms with Gasteiger partial charge in [-0.1, -0.05) is 30.3 Å². The number of hydrogen-bond donors (Lipinski definition) is 2. The maximum Gasteiger partial charge on any atom is 0.319 e. The molecule has 0 saturated carbocycles. The average molecular weight is 338 g/mol. The molecular formula is C21H23FN2O. The van der Waals surface area contributed by atoms with E-state index in [1.165, 1.54) is 36.1 Å². The van der Waals surface area contributed by atoms with Crippen molar-refractivity contribution in [1.29, 1.82) is 0 Å². The number of aryl methyl sites for hydroxylation is 2. The average Bonchev–Trinajstić information content (AvgIpc) is 2.63. The van der Waals surface area contributed by atoms with Crippen LogP contribution in [0.3, 0.4) is 0 Å². The molecule has 3 rings (SSSR count). The smallest absolute Gasteiger partial charge is 0.319 e. The molecule has 1 atom stereocenters. The largest absolute Gasteiger partial charge is 0.331 e. The van der Waals surface area contributed by atoms with Crippen molar-refractivity contribution in [2.45, 2.75) is 38.6 Å². The van der Waals surface area contributed by atoms with Gasteiger partial charge in [-0.15, -0.1) is 0 Å². The normalized spacial score (nSPS) is 14.8. The van der Waals surface area contributed by atoms with E-state index in [4.69, 9.17) is 0 Å². The van der Waals surface area contributed by atoms with Crippen LogP contribution in [-0.4, -0.2) is 6.03 Å². The van der Waals surface area contributed by atoms with Gasteiger partial charge < -0.3 is 10.6 Å². The summed E-state index contributed by atoms with van der Waals surface area (Å²) in [4.78, 5) is 12.0. The number of urea groups is 1. The zero-order chi connectivity index (χ0) is 17.6. The van der Waals surface area contributed by atoms with Gasteiger partial charge in [-0.2, -0.15) is 0 Å². The molecule has 2 aromatic carbocycles. The Bertz CT molecular complexity index is 768. The van der Waals surface area contributed by atoms with E-state index in [9.17, 15) is 9.18 Å². The van der Waals surface area contributed by atoms with E-state index in [-0.39, 0.29) is 17.9 Å². The first kappa shape index (κ1) is 17.2. The number of benzene rings is 2. The van der Waals surface area contributed by atoms with Crippen molar-refractivity contribution < 1.29 is 9.18 Å². The zero-order valence-corrected chi connectivity index (χ0v) is 14.4. The third-order valence-electron chi connectivity index (χ3n) is 4.58. The molecule has 1 unspecified atom stereocenters. The predicted octanol–water partition coefficient (Wildman–Crippen LogP) is 4.74. The molecule has 2 aromatic rings. The molecule has 0 bridgehead atoms. The van der Waals surface area contributed by atoms with Crippen molar-refractivity contribution in [2.75, 3.05) is 0 Å². The predicted molar refractivity (Wildman–Crippen MR) is 98.6 cm³/mol. The van der Waals surface area contributed by atoms with Gasteiger partial charge >= 0.3 is 6.03 Å². The summed E-state index contributed by atoms with van der Waals surface area (Å²) < 4.78 is 12.8. The van der Waals surface area contributed by atoms with Crippen LogP contribution < -0.4 is 10.6 Å². The van der Waals surface area contributed by atoms with Gasteiger partial charge in [0.15, 0.2) is 0 Å². The molecule has 0 spiro atoms. The van der Waals surface area contributed by atoms with Gasteiger partial charge in [0.1, 0.15) is 5.82 Å². The van der Waals surface area contributed by atoms with Crippen LogP contribution in [-0.2, 0) is 12.8 Å². The van der Waals surface area contributed by atoms with Gasteiger partial charge in [0.2, 0.25) is 0 Å². The molecular weight excluding hydrogens is 315 g/mol. The summed E-state index contributed by atoms with van der Waals surface area (Å²) >= 11 is 0. The molecule has 2 amide bonds. The molecule has 4 heteroatoms. The number of hydrogen-bond acceptors (Lipinski definition) is 1. The van der Waals surface area contributed by atoms with E-state index < -0.39 is 0 Å². The second-order valence-electron chi connectivity index (χ2n) is 6.46. The third-order valence-corrected chi connectivity index (χ3v) is 4.58. The fourth-order valence-electron chi connectivity index (χ4n) is 3.13. The lowest BCUT2D eigenvalue weighted by atomic mass is 9.89. The van der Waals surface area contributed by atoms with Gasteiger partial charge in [-0.05, 0) is 73.1 Å². The molecule has 0 saturated heterocycles. The Labute approximate surface area is 148 Å². The second-order valence-corrected chi connectivity index (χ2v) is 6.46. The Morgan fingerprint density at radius 3 is 2.56 bits per heavy atom. The first-order chi connectivity index (χ1) is 12.1. The van der Waals surface area contributed by atoms with Crippen LogP contribution in [0.1, 0.15) is 48.1 Å². The van der Waals surface area contributed by atoms with Crippen LogP contribution in [0.4, 0.5) is 9.18 Å². The van der Waals surface area contributed by atoms with E-state index in [2.05, 4.69) is 28.8 Å². The van der Waals surface area contributed by atoms with Gasteiger partial charge in [0.25, 0.3) is 0 Å². The quantitative estimate of drug-likeness (QED) is 0.831. The number of fused-ring (bicyclic) bond motifs is 1. The molecule has 3 nitrogen and oxygen atoms in total. The highest BCUT2D eigenvalue weighted by Crippen LogP contribution is 2.24. The van der Waals surface area contributed by atoms with Crippen LogP contribution in [0.2, 0.25) is 0 Å². The zero-order valence-electron chi connectivity index (χ0n) is 14.4. The Morgan fingerprint density at radius 2 is 1.80 bits per heavy atom. The van der Waals surface area contributed by atoms with Crippen LogP contribution >= 0.6 is 0 Å². The van der Waals surface area contributed by atoms with E-state index in [0.717, 1.165) is 24.0 Å². The molecule has 0 aliphatic heterocycles. The third kappa shape index (κ3) is 4.69. The van der Waals surface area contributed by atoms with Gasteiger partial charge in [-0.25, -0.2) is 9.18 Å². The molecule has 1 aliphatic carbocycles. The highest BCUT2D eigenvalue weighted by Gasteiger charge is 2.13. The molecule has 1 aliphatic rings. The number of rotatable bonds is 4. The summed E-state index contributed by atoms with van der Waals surface area (Å²) in [6.45, 7) is 1.98. The molecule has 0 heterocycles. The number of carbonyl (C=O) groups is 1. The van der Waals surface area contributed by atoms with Crippen molar-refractivity contribution in [3.8, 4) is 0 Å². The highest BCUT2D eigenvalue weighted by molar-refractivity contribution is 5.76. The molecule has 0 radical (unpaired) electrons. The van der Waals surface area contributed by atoms with Crippen LogP contribution in [0.5, 0.6) is 0 Å². The Balaban J connectivity index is 1.54. The summed E-state index contributed by atoms with van der Waals surface area (Å²) in [5, 5.41) is 5.62.